The standard InChI is InChI=1S/2C19H26Cl2O.4C18H24Cl2O/c2*1-18(22-2)9-11-19(12-10-18,14-5-3-4-6-14)15-7-8-16(20)17(21)13-15;4*1-17(21)8-10-18(11-9-17,13-4-2-3-5-13)14-6-7-15(19)16(20)12-14/h2*7-8,13-14H,3-6,9-12H2,1-2H3;4*6-7,12-13,21H,2-5,8-11H2,1H3. The molecular weight excluding hydrogens is 1840 g/mol. The second-order valence-corrected chi connectivity index (χ2v) is 48.8. The molecule has 0 spiro atoms. The number of benzene rings is 6. The van der Waals surface area contributed by atoms with E-state index in [-0.39, 0.29) is 43.7 Å². The van der Waals surface area contributed by atoms with Crippen LogP contribution in [-0.4, -0.2) is 68.3 Å². The molecule has 0 aliphatic heterocycles. The van der Waals surface area contributed by atoms with Crippen molar-refractivity contribution in [2.75, 3.05) is 14.2 Å². The molecule has 12 aliphatic carbocycles. The van der Waals surface area contributed by atoms with Gasteiger partial charge in [0.1, 0.15) is 0 Å². The van der Waals surface area contributed by atoms with E-state index in [9.17, 15) is 20.4 Å². The fraction of sp³-hybridized carbons (Fsp3) is 0.673. The number of hydrogen-bond donors (Lipinski definition) is 4. The number of ether oxygens (including phenoxy) is 2. The second-order valence-electron chi connectivity index (χ2n) is 43.9. The summed E-state index contributed by atoms with van der Waals surface area (Å²) >= 11 is 74.4. The maximum atomic E-state index is 10.3. The van der Waals surface area contributed by atoms with Crippen LogP contribution in [0.1, 0.15) is 383 Å². The maximum absolute atomic E-state index is 10.3. The van der Waals surface area contributed by atoms with Crippen molar-refractivity contribution < 1.29 is 29.9 Å². The molecule has 0 amide bonds. The number of halogens is 12. The van der Waals surface area contributed by atoms with Crippen LogP contribution in [0.4, 0.5) is 0 Å². The largest absolute Gasteiger partial charge is 0.390 e. The van der Waals surface area contributed by atoms with Gasteiger partial charge < -0.3 is 29.9 Å². The molecule has 0 radical (unpaired) electrons. The van der Waals surface area contributed by atoms with Crippen molar-refractivity contribution in [3.05, 3.63) is 203 Å². The van der Waals surface area contributed by atoms with Gasteiger partial charge in [0, 0.05) is 14.2 Å². The van der Waals surface area contributed by atoms with Gasteiger partial charge in [0.25, 0.3) is 0 Å². The molecule has 128 heavy (non-hydrogen) atoms. The van der Waals surface area contributed by atoms with Gasteiger partial charge >= 0.3 is 0 Å². The highest BCUT2D eigenvalue weighted by Gasteiger charge is 2.54. The fourth-order valence-corrected chi connectivity index (χ4v) is 28.9. The minimum atomic E-state index is -0.502. The molecule has 4 N–H and O–H groups in total. The zero-order valence-electron chi connectivity index (χ0n) is 77.9. The Morgan fingerprint density at radius 2 is 0.320 bits per heavy atom. The highest BCUT2D eigenvalue weighted by Crippen LogP contribution is 2.61. The molecule has 12 aliphatic rings. The molecule has 0 unspecified atom stereocenters. The highest BCUT2D eigenvalue weighted by atomic mass is 35.5. The third-order valence-corrected chi connectivity index (χ3v) is 40.5. The summed E-state index contributed by atoms with van der Waals surface area (Å²) in [6.07, 6.45) is 56.8. The molecule has 6 aromatic carbocycles. The van der Waals surface area contributed by atoms with E-state index >= 15 is 0 Å². The lowest BCUT2D eigenvalue weighted by Crippen LogP contribution is -2.44. The molecule has 0 heterocycles. The van der Waals surface area contributed by atoms with Crippen LogP contribution in [0, 0.1) is 35.5 Å². The van der Waals surface area contributed by atoms with Crippen molar-refractivity contribution in [1.29, 1.82) is 0 Å². The van der Waals surface area contributed by atoms with E-state index in [1.807, 2.05) is 78.3 Å². The van der Waals surface area contributed by atoms with Crippen LogP contribution in [-0.2, 0) is 42.0 Å². The smallest absolute Gasteiger partial charge is 0.0651 e. The summed E-state index contributed by atoms with van der Waals surface area (Å²) in [6.45, 7) is 12.4. The molecule has 0 bridgehead atoms. The highest BCUT2D eigenvalue weighted by molar-refractivity contribution is 6.44. The van der Waals surface area contributed by atoms with E-state index in [1.165, 1.54) is 213 Å². The summed E-state index contributed by atoms with van der Waals surface area (Å²) in [7, 11) is 3.70. The Balaban J connectivity index is 0.000000131. The predicted molar refractivity (Wildman–Crippen MR) is 545 cm³/mol. The van der Waals surface area contributed by atoms with Gasteiger partial charge in [-0.1, -0.05) is 253 Å². The first kappa shape index (κ1) is 104. The van der Waals surface area contributed by atoms with Crippen molar-refractivity contribution in [3.63, 3.8) is 0 Å². The minimum absolute atomic E-state index is 0.0400. The summed E-state index contributed by atoms with van der Waals surface area (Å²) in [5.41, 5.74) is 7.48. The second kappa shape index (κ2) is 43.9. The molecule has 6 nitrogen and oxygen atoms in total. The van der Waals surface area contributed by atoms with E-state index in [1.54, 1.807) is 0 Å². The van der Waals surface area contributed by atoms with Crippen molar-refractivity contribution in [2.45, 2.75) is 416 Å². The molecule has 0 saturated heterocycles. The van der Waals surface area contributed by atoms with Crippen molar-refractivity contribution in [2.24, 2.45) is 35.5 Å². The van der Waals surface area contributed by atoms with Crippen LogP contribution >= 0.6 is 139 Å². The van der Waals surface area contributed by atoms with E-state index < -0.39 is 22.4 Å². The first-order valence-electron chi connectivity index (χ1n) is 49.4. The number of hydrogen-bond acceptors (Lipinski definition) is 6. The summed E-state index contributed by atoms with van der Waals surface area (Å²) in [6, 6.07) is 37.3. The van der Waals surface area contributed by atoms with Crippen LogP contribution in [0.3, 0.4) is 0 Å². The SMILES string of the molecule is CC1(O)CCC(c2ccc(Cl)c(Cl)c2)(C2CCCC2)CC1.CC1(O)CCC(c2ccc(Cl)c(Cl)c2)(C2CCCC2)CC1.CC1(O)CCC(c2ccc(Cl)c(Cl)c2)(C2CCCC2)CC1.CC1(O)CCC(c2ccc(Cl)c(Cl)c2)(C2CCCC2)CC1.COC1(C)CCC(c2ccc(Cl)c(Cl)c2)(C2CCCC2)CC1.COC1(C)CCC(c2ccc(Cl)c(Cl)c2)(C2CCCC2)CC1. The van der Waals surface area contributed by atoms with E-state index in [2.05, 4.69) is 86.6 Å². The van der Waals surface area contributed by atoms with Crippen LogP contribution in [0.5, 0.6) is 0 Å². The third-order valence-electron chi connectivity index (χ3n) is 36.0. The average molecular weight is 1990 g/mol. The Morgan fingerprint density at radius 1 is 0.195 bits per heavy atom. The molecule has 708 valence electrons. The van der Waals surface area contributed by atoms with Gasteiger partial charge in [-0.25, -0.2) is 0 Å². The van der Waals surface area contributed by atoms with Crippen molar-refractivity contribution in [3.8, 4) is 0 Å². The lowest BCUT2D eigenvalue weighted by molar-refractivity contribution is -0.0476. The summed E-state index contributed by atoms with van der Waals surface area (Å²) in [5, 5.41) is 49.2. The lowest BCUT2D eigenvalue weighted by atomic mass is 9.59. The topological polar surface area (TPSA) is 99.4 Å². The summed E-state index contributed by atoms with van der Waals surface area (Å²) in [4.78, 5) is 0. The molecule has 18 rings (SSSR count). The molecule has 12 fully saturated rings. The normalized spacial score (nSPS) is 33.9. The lowest BCUT2D eigenvalue weighted by Gasteiger charge is -2.48. The summed E-state index contributed by atoms with van der Waals surface area (Å²) < 4.78 is 11.5. The first-order chi connectivity index (χ1) is 60.7. The van der Waals surface area contributed by atoms with Crippen LogP contribution in [0.2, 0.25) is 60.3 Å². The van der Waals surface area contributed by atoms with Crippen molar-refractivity contribution in [1.82, 2.24) is 0 Å². The van der Waals surface area contributed by atoms with Gasteiger partial charge in [0.05, 0.1) is 93.9 Å². The molecular formula is C110H148Cl12O6. The quantitative estimate of drug-likeness (QED) is 0.0867. The number of methoxy groups -OCH3 is 2. The first-order valence-corrected chi connectivity index (χ1v) is 54.0. The third kappa shape index (κ3) is 24.2. The Morgan fingerprint density at radius 3 is 0.438 bits per heavy atom. The van der Waals surface area contributed by atoms with Crippen LogP contribution in [0.25, 0.3) is 0 Å². The Labute approximate surface area is 830 Å². The van der Waals surface area contributed by atoms with Crippen LogP contribution < -0.4 is 0 Å². The van der Waals surface area contributed by atoms with Crippen LogP contribution in [0.15, 0.2) is 109 Å². The monoisotopic (exact) mass is 1980 g/mol. The zero-order chi connectivity index (χ0) is 91.9. The average Bonchev–Trinajstić information content (AvgIpc) is 0.836. The van der Waals surface area contributed by atoms with Crippen molar-refractivity contribution >= 4 is 139 Å². The van der Waals surface area contributed by atoms with Gasteiger partial charge in [-0.15, -0.1) is 0 Å². The Bertz CT molecular complexity index is 4100. The predicted octanol–water partition coefficient (Wildman–Crippen LogP) is 35.8. The fourth-order valence-electron chi connectivity index (χ4n) is 27.1. The van der Waals surface area contributed by atoms with Gasteiger partial charge in [0.15, 0.2) is 0 Å². The molecule has 0 aromatic heterocycles. The van der Waals surface area contributed by atoms with Gasteiger partial charge in [0.2, 0.25) is 0 Å². The van der Waals surface area contributed by atoms with E-state index in [0.717, 1.165) is 164 Å². The number of rotatable bonds is 14. The van der Waals surface area contributed by atoms with Gasteiger partial charge in [-0.05, 0) is 447 Å². The summed E-state index contributed by atoms with van der Waals surface area (Å²) in [5.74, 6) is 4.48. The van der Waals surface area contributed by atoms with E-state index in [0.29, 0.717) is 60.3 Å². The Kier molecular flexibility index (Phi) is 35.7. The number of aliphatic hydroxyl groups is 4. The maximum Gasteiger partial charge on any atom is 0.0651 e. The minimum Gasteiger partial charge on any atom is -0.390 e. The molecule has 12 saturated carbocycles. The zero-order valence-corrected chi connectivity index (χ0v) is 87.0. The molecule has 18 heteroatoms. The Hall–Kier alpha value is -1.44. The van der Waals surface area contributed by atoms with Gasteiger partial charge in [-0.3, -0.25) is 0 Å². The molecule has 6 aromatic rings. The van der Waals surface area contributed by atoms with Gasteiger partial charge in [-0.2, -0.15) is 0 Å². The van der Waals surface area contributed by atoms with E-state index in [4.69, 9.17) is 149 Å². The molecule has 0 atom stereocenters.